The molecule has 0 aromatic heterocycles. The van der Waals surface area contributed by atoms with Crippen LogP contribution in [0.15, 0.2) is 42.5 Å². The molecule has 1 aliphatic rings. The maximum absolute atomic E-state index is 12.6. The molecule has 3 rings (SSSR count). The van der Waals surface area contributed by atoms with Gasteiger partial charge in [0.25, 0.3) is 5.91 Å². The van der Waals surface area contributed by atoms with Gasteiger partial charge < -0.3 is 15.0 Å². The molecule has 2 aromatic rings. The summed E-state index contributed by atoms with van der Waals surface area (Å²) in [5.74, 6) is -0.0752. The molecule has 120 valence electrons. The molecule has 1 heterocycles. The van der Waals surface area contributed by atoms with Gasteiger partial charge >= 0.3 is 0 Å². The van der Waals surface area contributed by atoms with E-state index in [2.05, 4.69) is 10.2 Å². The van der Waals surface area contributed by atoms with Crippen LogP contribution in [0.25, 0.3) is 0 Å². The second-order valence-electron chi connectivity index (χ2n) is 5.87. The van der Waals surface area contributed by atoms with Crippen LogP contribution in [-0.2, 0) is 4.74 Å². The van der Waals surface area contributed by atoms with E-state index in [1.54, 1.807) is 0 Å². The van der Waals surface area contributed by atoms with Crippen LogP contribution in [0.3, 0.4) is 0 Å². The van der Waals surface area contributed by atoms with Gasteiger partial charge in [-0.15, -0.1) is 0 Å². The molecule has 0 spiro atoms. The van der Waals surface area contributed by atoms with E-state index in [0.717, 1.165) is 43.2 Å². The van der Waals surface area contributed by atoms with Crippen molar-refractivity contribution in [1.82, 2.24) is 0 Å². The highest BCUT2D eigenvalue weighted by Crippen LogP contribution is 2.27. The van der Waals surface area contributed by atoms with E-state index in [0.29, 0.717) is 5.56 Å². The van der Waals surface area contributed by atoms with E-state index >= 15 is 0 Å². The normalized spacial score (nSPS) is 14.6. The molecule has 1 amide bonds. The Morgan fingerprint density at radius 1 is 1.04 bits per heavy atom. The molecule has 2 aromatic carbocycles. The second-order valence-corrected chi connectivity index (χ2v) is 5.87. The molecule has 1 N–H and O–H groups in total. The van der Waals surface area contributed by atoms with E-state index in [-0.39, 0.29) is 5.91 Å². The number of para-hydroxylation sites is 2. The Balaban J connectivity index is 1.82. The highest BCUT2D eigenvalue weighted by atomic mass is 16.5. The molecule has 23 heavy (non-hydrogen) atoms. The fraction of sp³-hybridized carbons (Fsp3) is 0.316. The fourth-order valence-corrected chi connectivity index (χ4v) is 2.74. The van der Waals surface area contributed by atoms with Gasteiger partial charge in [-0.2, -0.15) is 0 Å². The zero-order valence-corrected chi connectivity index (χ0v) is 13.6. The average molecular weight is 310 g/mol. The third-order valence-electron chi connectivity index (χ3n) is 4.27. The van der Waals surface area contributed by atoms with Crippen molar-refractivity contribution in [1.29, 1.82) is 0 Å². The van der Waals surface area contributed by atoms with Gasteiger partial charge in [0.05, 0.1) is 24.6 Å². The number of hydrogen-bond acceptors (Lipinski definition) is 3. The van der Waals surface area contributed by atoms with Gasteiger partial charge in [0.15, 0.2) is 0 Å². The summed E-state index contributed by atoms with van der Waals surface area (Å²) in [6.45, 7) is 7.20. The first-order valence-electron chi connectivity index (χ1n) is 7.95. The van der Waals surface area contributed by atoms with E-state index in [4.69, 9.17) is 4.74 Å². The lowest BCUT2D eigenvalue weighted by Crippen LogP contribution is -2.36. The Kier molecular flexibility index (Phi) is 4.63. The smallest absolute Gasteiger partial charge is 0.255 e. The van der Waals surface area contributed by atoms with Gasteiger partial charge in [-0.25, -0.2) is 0 Å². The van der Waals surface area contributed by atoms with E-state index < -0.39 is 0 Å². The number of ether oxygens (including phenoxy) is 1. The molecular weight excluding hydrogens is 288 g/mol. The van der Waals surface area contributed by atoms with Crippen LogP contribution in [-0.4, -0.2) is 32.2 Å². The number of carbonyl (C=O) groups excluding carboxylic acids is 1. The number of nitrogens with one attached hydrogen (secondary N) is 1. The van der Waals surface area contributed by atoms with Crippen molar-refractivity contribution in [2.45, 2.75) is 13.8 Å². The number of morpholine rings is 1. The lowest BCUT2D eigenvalue weighted by atomic mass is 10.1. The number of benzene rings is 2. The van der Waals surface area contributed by atoms with Crippen molar-refractivity contribution >= 4 is 17.3 Å². The SMILES string of the molecule is Cc1ccc(C(=O)Nc2ccccc2N2CCOCC2)cc1C. The lowest BCUT2D eigenvalue weighted by Gasteiger charge is -2.30. The number of rotatable bonds is 3. The molecule has 0 radical (unpaired) electrons. The summed E-state index contributed by atoms with van der Waals surface area (Å²) in [5, 5.41) is 3.05. The Morgan fingerprint density at radius 3 is 2.52 bits per heavy atom. The van der Waals surface area contributed by atoms with Crippen LogP contribution in [0.4, 0.5) is 11.4 Å². The summed E-state index contributed by atoms with van der Waals surface area (Å²) >= 11 is 0. The van der Waals surface area contributed by atoms with Crippen LogP contribution in [0.5, 0.6) is 0 Å². The Morgan fingerprint density at radius 2 is 1.78 bits per heavy atom. The zero-order valence-electron chi connectivity index (χ0n) is 13.6. The minimum Gasteiger partial charge on any atom is -0.378 e. The summed E-state index contributed by atoms with van der Waals surface area (Å²) in [7, 11) is 0. The molecule has 0 aliphatic carbocycles. The van der Waals surface area contributed by atoms with Gasteiger partial charge in [-0.05, 0) is 49.2 Å². The first-order valence-corrected chi connectivity index (χ1v) is 7.95. The molecule has 1 aliphatic heterocycles. The third-order valence-corrected chi connectivity index (χ3v) is 4.27. The zero-order chi connectivity index (χ0) is 16.2. The number of anilines is 2. The molecule has 1 fully saturated rings. The number of carbonyl (C=O) groups is 1. The molecule has 0 atom stereocenters. The fourth-order valence-electron chi connectivity index (χ4n) is 2.74. The van der Waals surface area contributed by atoms with Crippen molar-refractivity contribution < 1.29 is 9.53 Å². The van der Waals surface area contributed by atoms with Crippen LogP contribution >= 0.6 is 0 Å². The molecule has 1 saturated heterocycles. The highest BCUT2D eigenvalue weighted by molar-refractivity contribution is 6.06. The number of nitrogens with zero attached hydrogens (tertiary/aromatic N) is 1. The maximum atomic E-state index is 12.6. The highest BCUT2D eigenvalue weighted by Gasteiger charge is 2.16. The first kappa shape index (κ1) is 15.6. The molecular formula is C19H22N2O2. The van der Waals surface area contributed by atoms with Crippen molar-refractivity contribution in [3.63, 3.8) is 0 Å². The molecule has 0 saturated carbocycles. The van der Waals surface area contributed by atoms with Crippen LogP contribution in [0, 0.1) is 13.8 Å². The number of hydrogen-bond donors (Lipinski definition) is 1. The first-order chi connectivity index (χ1) is 11.1. The summed E-state index contributed by atoms with van der Waals surface area (Å²) in [6, 6.07) is 13.7. The second kappa shape index (κ2) is 6.84. The Labute approximate surface area is 137 Å². The largest absolute Gasteiger partial charge is 0.378 e. The standard InChI is InChI=1S/C19H22N2O2/c1-14-7-8-16(13-15(14)2)19(22)20-17-5-3-4-6-18(17)21-9-11-23-12-10-21/h3-8,13H,9-12H2,1-2H3,(H,20,22). The number of aryl methyl sites for hydroxylation is 2. The van der Waals surface area contributed by atoms with Crippen LogP contribution in [0.2, 0.25) is 0 Å². The van der Waals surface area contributed by atoms with E-state index in [1.165, 1.54) is 5.56 Å². The monoisotopic (exact) mass is 310 g/mol. The van der Waals surface area contributed by atoms with Gasteiger partial charge in [-0.1, -0.05) is 18.2 Å². The van der Waals surface area contributed by atoms with Crippen LogP contribution < -0.4 is 10.2 Å². The summed E-state index contributed by atoms with van der Waals surface area (Å²) in [6.07, 6.45) is 0. The van der Waals surface area contributed by atoms with Crippen LogP contribution in [0.1, 0.15) is 21.5 Å². The minimum absolute atomic E-state index is 0.0752. The lowest BCUT2D eigenvalue weighted by molar-refractivity contribution is 0.102. The topological polar surface area (TPSA) is 41.6 Å². The van der Waals surface area contributed by atoms with E-state index in [1.807, 2.05) is 56.3 Å². The Bertz CT molecular complexity index is 706. The molecule has 4 heteroatoms. The summed E-state index contributed by atoms with van der Waals surface area (Å²) < 4.78 is 5.41. The predicted octanol–water partition coefficient (Wildman–Crippen LogP) is 3.39. The van der Waals surface area contributed by atoms with Crippen molar-refractivity contribution in [3.05, 3.63) is 59.2 Å². The van der Waals surface area contributed by atoms with Crippen molar-refractivity contribution in [2.24, 2.45) is 0 Å². The maximum Gasteiger partial charge on any atom is 0.255 e. The summed E-state index contributed by atoms with van der Waals surface area (Å²) in [4.78, 5) is 14.8. The number of amides is 1. The average Bonchev–Trinajstić information content (AvgIpc) is 2.58. The summed E-state index contributed by atoms with van der Waals surface area (Å²) in [5.41, 5.74) is 4.89. The van der Waals surface area contributed by atoms with Crippen molar-refractivity contribution in [2.75, 3.05) is 36.5 Å². The van der Waals surface area contributed by atoms with Gasteiger partial charge in [0, 0.05) is 18.7 Å². The predicted molar refractivity (Wildman–Crippen MR) is 93.3 cm³/mol. The molecule has 4 nitrogen and oxygen atoms in total. The van der Waals surface area contributed by atoms with Gasteiger partial charge in [-0.3, -0.25) is 4.79 Å². The Hall–Kier alpha value is -2.33. The van der Waals surface area contributed by atoms with Crippen molar-refractivity contribution in [3.8, 4) is 0 Å². The molecule has 0 bridgehead atoms. The van der Waals surface area contributed by atoms with Gasteiger partial charge in [0.1, 0.15) is 0 Å². The van der Waals surface area contributed by atoms with E-state index in [9.17, 15) is 4.79 Å². The third kappa shape index (κ3) is 3.54. The quantitative estimate of drug-likeness (QED) is 0.945. The van der Waals surface area contributed by atoms with Gasteiger partial charge in [0.2, 0.25) is 0 Å². The molecule has 0 unspecified atom stereocenters. The minimum atomic E-state index is -0.0752.